The van der Waals surface area contributed by atoms with Crippen molar-refractivity contribution < 1.29 is 0 Å². The van der Waals surface area contributed by atoms with Crippen molar-refractivity contribution in [2.45, 2.75) is 72.3 Å². The normalized spacial score (nSPS) is 21.0. The summed E-state index contributed by atoms with van der Waals surface area (Å²) in [6.45, 7) is 12.9. The molecule has 19 heavy (non-hydrogen) atoms. The molecule has 2 heteroatoms. The third-order valence-electron chi connectivity index (χ3n) is 4.73. The number of hydrogen-bond acceptors (Lipinski definition) is 2. The van der Waals surface area contributed by atoms with E-state index in [9.17, 15) is 0 Å². The van der Waals surface area contributed by atoms with Gasteiger partial charge in [0.2, 0.25) is 0 Å². The molecule has 0 saturated heterocycles. The van der Waals surface area contributed by atoms with E-state index in [0.717, 1.165) is 5.92 Å². The van der Waals surface area contributed by atoms with Gasteiger partial charge < -0.3 is 10.2 Å². The highest BCUT2D eigenvalue weighted by Gasteiger charge is 2.33. The van der Waals surface area contributed by atoms with Crippen molar-refractivity contribution in [2.75, 3.05) is 26.7 Å². The number of nitrogens with one attached hydrogen (secondary N) is 1. The fourth-order valence-electron chi connectivity index (χ4n) is 3.41. The molecule has 1 unspecified atom stereocenters. The van der Waals surface area contributed by atoms with Crippen LogP contribution in [0, 0.1) is 11.3 Å². The van der Waals surface area contributed by atoms with Crippen molar-refractivity contribution in [2.24, 2.45) is 11.3 Å². The summed E-state index contributed by atoms with van der Waals surface area (Å²) in [5.41, 5.74) is 0.532. The van der Waals surface area contributed by atoms with Gasteiger partial charge >= 0.3 is 0 Å². The van der Waals surface area contributed by atoms with Gasteiger partial charge in [-0.2, -0.15) is 0 Å². The molecule has 0 radical (unpaired) electrons. The number of hydrogen-bond donors (Lipinski definition) is 1. The third-order valence-corrected chi connectivity index (χ3v) is 4.73. The van der Waals surface area contributed by atoms with E-state index in [0.29, 0.717) is 11.5 Å². The molecular weight excluding hydrogens is 232 g/mol. The summed E-state index contributed by atoms with van der Waals surface area (Å²) in [7, 11) is 2.32. The summed E-state index contributed by atoms with van der Waals surface area (Å²) in [5, 5.41) is 3.70. The van der Waals surface area contributed by atoms with Crippen LogP contribution in [0.4, 0.5) is 0 Å². The first-order valence-electron chi connectivity index (χ1n) is 8.39. The van der Waals surface area contributed by atoms with Crippen molar-refractivity contribution in [1.82, 2.24) is 10.2 Å². The lowest BCUT2D eigenvalue weighted by molar-refractivity contribution is 0.107. The van der Waals surface area contributed by atoms with Gasteiger partial charge in [-0.1, -0.05) is 53.4 Å². The van der Waals surface area contributed by atoms with Crippen LogP contribution in [0.2, 0.25) is 0 Å². The molecule has 1 rings (SSSR count). The highest BCUT2D eigenvalue weighted by atomic mass is 15.1. The Kier molecular flexibility index (Phi) is 7.38. The summed E-state index contributed by atoms with van der Waals surface area (Å²) < 4.78 is 0. The predicted octanol–water partition coefficient (Wildman–Crippen LogP) is 3.91. The summed E-state index contributed by atoms with van der Waals surface area (Å²) in [5.74, 6) is 0.823. The predicted molar refractivity (Wildman–Crippen MR) is 85.6 cm³/mol. The van der Waals surface area contributed by atoms with E-state index in [1.165, 1.54) is 58.2 Å². The van der Waals surface area contributed by atoms with Crippen LogP contribution >= 0.6 is 0 Å². The Morgan fingerprint density at radius 2 is 1.74 bits per heavy atom. The van der Waals surface area contributed by atoms with Gasteiger partial charge in [0.15, 0.2) is 0 Å². The largest absolute Gasteiger partial charge is 0.314 e. The van der Waals surface area contributed by atoms with Crippen LogP contribution in [-0.2, 0) is 0 Å². The van der Waals surface area contributed by atoms with Crippen LogP contribution < -0.4 is 5.32 Å². The van der Waals surface area contributed by atoms with Crippen molar-refractivity contribution in [1.29, 1.82) is 0 Å². The molecule has 0 aromatic carbocycles. The molecule has 1 atom stereocenters. The molecule has 1 fully saturated rings. The van der Waals surface area contributed by atoms with Crippen LogP contribution in [0.15, 0.2) is 0 Å². The van der Waals surface area contributed by atoms with Gasteiger partial charge in [0.1, 0.15) is 0 Å². The van der Waals surface area contributed by atoms with E-state index < -0.39 is 0 Å². The van der Waals surface area contributed by atoms with Gasteiger partial charge in [0.25, 0.3) is 0 Å². The van der Waals surface area contributed by atoms with E-state index in [2.05, 4.69) is 45.0 Å². The molecule has 1 N–H and O–H groups in total. The molecule has 0 aliphatic heterocycles. The maximum Gasteiger partial charge on any atom is 0.00472 e. The number of nitrogens with zero attached hydrogens (tertiary/aromatic N) is 1. The van der Waals surface area contributed by atoms with Crippen molar-refractivity contribution in [3.8, 4) is 0 Å². The SMILES string of the molecule is CCC(C)CN(C)CC1(CNC(C)C)CCCCC1. The van der Waals surface area contributed by atoms with Crippen LogP contribution in [0.25, 0.3) is 0 Å². The summed E-state index contributed by atoms with van der Waals surface area (Å²) in [6, 6.07) is 0.610. The van der Waals surface area contributed by atoms with E-state index in [4.69, 9.17) is 0 Å². The first kappa shape index (κ1) is 17.0. The summed E-state index contributed by atoms with van der Waals surface area (Å²) in [4.78, 5) is 2.58. The fourth-order valence-corrected chi connectivity index (χ4v) is 3.41. The Balaban J connectivity index is 2.52. The van der Waals surface area contributed by atoms with E-state index in [1.54, 1.807) is 0 Å². The third kappa shape index (κ3) is 6.27. The van der Waals surface area contributed by atoms with Crippen LogP contribution in [0.5, 0.6) is 0 Å². The fraction of sp³-hybridized carbons (Fsp3) is 1.00. The van der Waals surface area contributed by atoms with E-state index in [-0.39, 0.29) is 0 Å². The molecule has 0 spiro atoms. The lowest BCUT2D eigenvalue weighted by Gasteiger charge is -2.41. The minimum atomic E-state index is 0.532. The monoisotopic (exact) mass is 268 g/mol. The second-order valence-corrected chi connectivity index (χ2v) is 7.31. The molecule has 0 heterocycles. The Morgan fingerprint density at radius 3 is 2.26 bits per heavy atom. The van der Waals surface area contributed by atoms with Gasteiger partial charge in [-0.05, 0) is 31.2 Å². The van der Waals surface area contributed by atoms with Crippen LogP contribution in [0.3, 0.4) is 0 Å². The van der Waals surface area contributed by atoms with Crippen molar-refractivity contribution in [3.05, 3.63) is 0 Å². The first-order chi connectivity index (χ1) is 8.97. The molecule has 1 aliphatic rings. The zero-order valence-electron chi connectivity index (χ0n) is 14.0. The molecule has 114 valence electrons. The van der Waals surface area contributed by atoms with Crippen molar-refractivity contribution in [3.63, 3.8) is 0 Å². The molecular formula is C17H36N2. The Hall–Kier alpha value is -0.0800. The molecule has 2 nitrogen and oxygen atoms in total. The summed E-state index contributed by atoms with van der Waals surface area (Å²) in [6.07, 6.45) is 8.42. The maximum atomic E-state index is 3.70. The second kappa shape index (κ2) is 8.26. The molecule has 0 amide bonds. The minimum Gasteiger partial charge on any atom is -0.314 e. The Bertz CT molecular complexity index is 231. The highest BCUT2D eigenvalue weighted by Crippen LogP contribution is 2.36. The van der Waals surface area contributed by atoms with Crippen molar-refractivity contribution >= 4 is 0 Å². The van der Waals surface area contributed by atoms with E-state index >= 15 is 0 Å². The van der Waals surface area contributed by atoms with Crippen LogP contribution in [-0.4, -0.2) is 37.6 Å². The van der Waals surface area contributed by atoms with Gasteiger partial charge in [-0.3, -0.25) is 0 Å². The van der Waals surface area contributed by atoms with Gasteiger partial charge in [-0.25, -0.2) is 0 Å². The number of rotatable bonds is 8. The zero-order chi connectivity index (χ0) is 14.3. The van der Waals surface area contributed by atoms with Crippen LogP contribution in [0.1, 0.15) is 66.2 Å². The van der Waals surface area contributed by atoms with Gasteiger partial charge in [-0.15, -0.1) is 0 Å². The molecule has 0 aromatic rings. The zero-order valence-corrected chi connectivity index (χ0v) is 14.0. The molecule has 1 aliphatic carbocycles. The topological polar surface area (TPSA) is 15.3 Å². The first-order valence-corrected chi connectivity index (χ1v) is 8.39. The highest BCUT2D eigenvalue weighted by molar-refractivity contribution is 4.88. The standard InChI is InChI=1S/C17H36N2/c1-6-16(4)12-19(5)14-17(13-18-15(2)3)10-8-7-9-11-17/h15-16,18H,6-14H2,1-5H3. The average Bonchev–Trinajstić information content (AvgIpc) is 2.37. The Morgan fingerprint density at radius 1 is 1.11 bits per heavy atom. The Labute approximate surface area is 121 Å². The average molecular weight is 268 g/mol. The second-order valence-electron chi connectivity index (χ2n) is 7.31. The van der Waals surface area contributed by atoms with E-state index in [1.807, 2.05) is 0 Å². The maximum absolute atomic E-state index is 3.70. The molecule has 1 saturated carbocycles. The summed E-state index contributed by atoms with van der Waals surface area (Å²) >= 11 is 0. The van der Waals surface area contributed by atoms with Gasteiger partial charge in [0.05, 0.1) is 0 Å². The molecule has 0 bridgehead atoms. The lowest BCUT2D eigenvalue weighted by Crippen LogP contribution is -2.46. The molecule has 0 aromatic heterocycles. The minimum absolute atomic E-state index is 0.532. The van der Waals surface area contributed by atoms with Gasteiger partial charge in [0, 0.05) is 25.7 Å². The quantitative estimate of drug-likeness (QED) is 0.718. The lowest BCUT2D eigenvalue weighted by atomic mass is 9.73. The smallest absolute Gasteiger partial charge is 0.00472 e.